The van der Waals surface area contributed by atoms with Crippen LogP contribution in [0.1, 0.15) is 104 Å². The Labute approximate surface area is 314 Å². The molecule has 7 nitrogen and oxygen atoms in total. The molecule has 1 aromatic heterocycles. The van der Waals surface area contributed by atoms with E-state index in [4.69, 9.17) is 0 Å². The summed E-state index contributed by atoms with van der Waals surface area (Å²) >= 11 is 0. The molecular weight excluding hydrogens is 731 g/mol. The quantitative estimate of drug-likeness (QED) is 0.142. The molecule has 14 heteroatoms. The number of carboxylic acids is 1. The van der Waals surface area contributed by atoms with Crippen molar-refractivity contribution >= 4 is 11.9 Å². The van der Waals surface area contributed by atoms with Crippen LogP contribution < -0.4 is 10.9 Å². The van der Waals surface area contributed by atoms with E-state index < -0.39 is 82.6 Å². The van der Waals surface area contributed by atoms with Gasteiger partial charge in [0.15, 0.2) is 0 Å². The molecule has 296 valence electrons. The normalized spacial score (nSPS) is 18.4. The molecule has 2 aliphatic rings. The van der Waals surface area contributed by atoms with Gasteiger partial charge < -0.3 is 19.9 Å². The Kier molecular flexibility index (Phi) is 12.2. The van der Waals surface area contributed by atoms with Crippen LogP contribution in [0.15, 0.2) is 41.3 Å². The fourth-order valence-electron chi connectivity index (χ4n) is 7.66. The number of benzene rings is 2. The summed E-state index contributed by atoms with van der Waals surface area (Å²) in [5, 5.41) is 12.3. The van der Waals surface area contributed by atoms with Crippen molar-refractivity contribution < 1.29 is 45.4 Å². The summed E-state index contributed by atoms with van der Waals surface area (Å²) in [6.45, 7) is 8.91. The van der Waals surface area contributed by atoms with Gasteiger partial charge in [-0.25, -0.2) is 17.6 Å². The summed E-state index contributed by atoms with van der Waals surface area (Å²) in [4.78, 5) is 41.7. The number of nitrogens with one attached hydrogen (secondary N) is 1. The van der Waals surface area contributed by atoms with E-state index in [2.05, 4.69) is 17.2 Å². The molecule has 55 heavy (non-hydrogen) atoms. The topological polar surface area (TPSA) is 91.6 Å². The molecule has 1 amide bonds. The summed E-state index contributed by atoms with van der Waals surface area (Å²) in [7, 11) is 0. The minimum Gasteiger partial charge on any atom is -0.481 e. The average molecular weight is 776 g/mol. The van der Waals surface area contributed by atoms with Crippen LogP contribution in [0.4, 0.5) is 30.7 Å². The van der Waals surface area contributed by atoms with Crippen molar-refractivity contribution in [3.8, 4) is 23.0 Å². The highest BCUT2D eigenvalue weighted by Crippen LogP contribution is 2.49. The van der Waals surface area contributed by atoms with Gasteiger partial charge in [0.05, 0.1) is 23.6 Å². The van der Waals surface area contributed by atoms with Gasteiger partial charge in [-0.3, -0.25) is 14.4 Å². The van der Waals surface area contributed by atoms with E-state index in [1.54, 1.807) is 50.8 Å². The average Bonchev–Trinajstić information content (AvgIpc) is 3.69. The zero-order valence-corrected chi connectivity index (χ0v) is 31.2. The number of rotatable bonds is 12. The van der Waals surface area contributed by atoms with Gasteiger partial charge in [0.1, 0.15) is 17.7 Å². The monoisotopic (exact) mass is 775 g/mol. The molecule has 1 aliphatic heterocycles. The molecule has 1 saturated heterocycles. The number of carbonyl (C=O) groups is 2. The largest absolute Gasteiger partial charge is 0.481 e. The Morgan fingerprint density at radius 2 is 1.67 bits per heavy atom. The number of carboxylic acid groups (broad SMARTS) is 1. The van der Waals surface area contributed by atoms with E-state index in [0.29, 0.717) is 22.8 Å². The SMILES string of the molecule is CC#Cc1cc(-c2c(C)cccc2C)c(F)c([C@H](CC(=O)O)NC(=O)[C@H](CC(C)C)n2cc(C3CCN(CC4CC4(F)F)CC3)c(C(F)(F)F)cc2=O)c1F. The number of alkyl halides is 5. The van der Waals surface area contributed by atoms with Gasteiger partial charge in [-0.2, -0.15) is 13.2 Å². The molecule has 3 aromatic rings. The van der Waals surface area contributed by atoms with Crippen LogP contribution in [0, 0.1) is 49.2 Å². The lowest BCUT2D eigenvalue weighted by atomic mass is 9.87. The summed E-state index contributed by atoms with van der Waals surface area (Å²) < 4.78 is 104. The van der Waals surface area contributed by atoms with Gasteiger partial charge in [0.25, 0.3) is 11.5 Å². The number of halogens is 7. The number of aromatic nitrogens is 1. The maximum absolute atomic E-state index is 16.7. The minimum absolute atomic E-state index is 0.0754. The van der Waals surface area contributed by atoms with E-state index in [9.17, 15) is 41.4 Å². The molecule has 1 aliphatic carbocycles. The number of aliphatic carboxylic acids is 1. The maximum atomic E-state index is 16.7. The van der Waals surface area contributed by atoms with Crippen molar-refractivity contribution in [3.63, 3.8) is 0 Å². The Balaban J connectivity index is 1.56. The minimum atomic E-state index is -4.93. The van der Waals surface area contributed by atoms with E-state index in [1.165, 1.54) is 13.0 Å². The van der Waals surface area contributed by atoms with Crippen molar-refractivity contribution in [3.05, 3.63) is 91.9 Å². The molecule has 5 rings (SSSR count). The Morgan fingerprint density at radius 3 is 2.20 bits per heavy atom. The third-order valence-electron chi connectivity index (χ3n) is 10.5. The highest BCUT2D eigenvalue weighted by Gasteiger charge is 2.57. The summed E-state index contributed by atoms with van der Waals surface area (Å²) in [6.07, 6.45) is -4.90. The lowest BCUT2D eigenvalue weighted by Gasteiger charge is -2.34. The number of hydrogen-bond acceptors (Lipinski definition) is 4. The molecule has 2 heterocycles. The fourth-order valence-corrected chi connectivity index (χ4v) is 7.66. The molecule has 1 saturated carbocycles. The first-order chi connectivity index (χ1) is 25.7. The Morgan fingerprint density at radius 1 is 1.05 bits per heavy atom. The Bertz CT molecular complexity index is 2050. The highest BCUT2D eigenvalue weighted by molar-refractivity contribution is 5.82. The van der Waals surface area contributed by atoms with E-state index in [1.807, 2.05) is 0 Å². The second-order valence-corrected chi connectivity index (χ2v) is 15.1. The molecule has 2 N–H and O–H groups in total. The second-order valence-electron chi connectivity index (χ2n) is 15.1. The molecule has 0 bridgehead atoms. The first-order valence-electron chi connectivity index (χ1n) is 18.2. The van der Waals surface area contributed by atoms with Crippen LogP contribution in [0.25, 0.3) is 11.1 Å². The van der Waals surface area contributed by atoms with Crippen LogP contribution in [-0.4, -0.2) is 52.0 Å². The number of hydrogen-bond donors (Lipinski definition) is 2. The van der Waals surface area contributed by atoms with Crippen LogP contribution in [-0.2, 0) is 15.8 Å². The van der Waals surface area contributed by atoms with E-state index >= 15 is 8.78 Å². The lowest BCUT2D eigenvalue weighted by molar-refractivity contribution is -0.139. The zero-order valence-electron chi connectivity index (χ0n) is 31.2. The standard InChI is InChI=1S/C41H44F7N3O4/c1-6-8-26-16-28(35-23(4)9-7-10-24(35)5)38(43)36(37(26)42)31(18-34(53)54)49-39(55)32(15-22(2)3)51-21-29(30(17-33(51)52)41(46,47)48)25-11-13-50(14-12-25)20-27-19-40(27,44)45/h7,9-10,16-17,21-22,25,27,31-32H,11-15,18-20H2,1-5H3,(H,49,55)(H,53,54)/t27?,31-,32-/m0/s1. The predicted molar refractivity (Wildman–Crippen MR) is 193 cm³/mol. The highest BCUT2D eigenvalue weighted by atomic mass is 19.4. The summed E-state index contributed by atoms with van der Waals surface area (Å²) in [5.41, 5.74) is -1.99. The number of aryl methyl sites for hydroxylation is 2. The van der Waals surface area contributed by atoms with Gasteiger partial charge in [-0.15, -0.1) is 5.92 Å². The Hall–Kier alpha value is -4.64. The number of piperidine rings is 1. The first-order valence-corrected chi connectivity index (χ1v) is 18.2. The van der Waals surface area contributed by atoms with Gasteiger partial charge in [-0.05, 0) is 93.3 Å². The summed E-state index contributed by atoms with van der Waals surface area (Å²) in [6, 6.07) is 3.50. The van der Waals surface area contributed by atoms with Gasteiger partial charge in [-0.1, -0.05) is 38.0 Å². The van der Waals surface area contributed by atoms with Crippen molar-refractivity contribution in [1.29, 1.82) is 0 Å². The van der Waals surface area contributed by atoms with Crippen molar-refractivity contribution in [1.82, 2.24) is 14.8 Å². The van der Waals surface area contributed by atoms with Crippen LogP contribution in [0.2, 0.25) is 0 Å². The molecule has 1 unspecified atom stereocenters. The van der Waals surface area contributed by atoms with Crippen LogP contribution >= 0.6 is 0 Å². The summed E-state index contributed by atoms with van der Waals surface area (Å²) in [5.74, 6) is -4.32. The maximum Gasteiger partial charge on any atom is 0.416 e. The molecule has 2 aromatic carbocycles. The third-order valence-corrected chi connectivity index (χ3v) is 10.5. The molecule has 2 fully saturated rings. The van der Waals surface area contributed by atoms with E-state index in [0.717, 1.165) is 10.8 Å². The number of pyridine rings is 1. The van der Waals surface area contributed by atoms with Crippen molar-refractivity contribution in [2.45, 2.75) is 96.8 Å². The van der Waals surface area contributed by atoms with Gasteiger partial charge >= 0.3 is 12.1 Å². The van der Waals surface area contributed by atoms with Crippen LogP contribution in [0.3, 0.4) is 0 Å². The molecule has 0 spiro atoms. The lowest BCUT2D eigenvalue weighted by Crippen LogP contribution is -2.41. The third kappa shape index (κ3) is 9.26. The zero-order chi connectivity index (χ0) is 40.6. The predicted octanol–water partition coefficient (Wildman–Crippen LogP) is 8.55. The van der Waals surface area contributed by atoms with Crippen LogP contribution in [0.5, 0.6) is 0 Å². The van der Waals surface area contributed by atoms with Gasteiger partial charge in [0, 0.05) is 42.3 Å². The molecule has 0 radical (unpaired) electrons. The van der Waals surface area contributed by atoms with Crippen molar-refractivity contribution in [2.75, 3.05) is 19.6 Å². The smallest absolute Gasteiger partial charge is 0.416 e. The van der Waals surface area contributed by atoms with Crippen molar-refractivity contribution in [2.24, 2.45) is 11.8 Å². The number of likely N-dealkylation sites (tertiary alicyclic amines) is 1. The fraction of sp³-hybridized carbons (Fsp3) is 0.488. The number of nitrogens with zero attached hydrogens (tertiary/aromatic N) is 2. The van der Waals surface area contributed by atoms with Gasteiger partial charge in [0.2, 0.25) is 5.91 Å². The second kappa shape index (κ2) is 16.2. The molecule has 3 atom stereocenters. The number of amides is 1. The first kappa shape index (κ1) is 41.5. The number of carbonyl (C=O) groups excluding carboxylic acids is 1. The molecular formula is C41H44F7N3O4. The van der Waals surface area contributed by atoms with E-state index in [-0.39, 0.29) is 67.9 Å².